The van der Waals surface area contributed by atoms with Crippen LogP contribution in [0.3, 0.4) is 0 Å². The number of nitrogens with two attached hydrogens (primary N) is 1. The van der Waals surface area contributed by atoms with Gasteiger partial charge in [-0.05, 0) is 50.3 Å². The lowest BCUT2D eigenvalue weighted by Gasteiger charge is -2.40. The average Bonchev–Trinajstić information content (AvgIpc) is 3.62. The molecule has 10 nitrogen and oxygen atoms in total. The van der Waals surface area contributed by atoms with Crippen LogP contribution in [0.15, 0.2) is 42.9 Å². The van der Waals surface area contributed by atoms with E-state index in [2.05, 4.69) is 25.7 Å². The van der Waals surface area contributed by atoms with Crippen molar-refractivity contribution in [2.45, 2.75) is 56.3 Å². The number of alkyl halides is 3. The largest absolute Gasteiger partial charge is 0.398 e. The van der Waals surface area contributed by atoms with Crippen LogP contribution in [0.25, 0.3) is 0 Å². The van der Waals surface area contributed by atoms with Crippen LogP contribution in [0, 0.1) is 0 Å². The number of aryl methyl sites for hydroxylation is 1. The van der Waals surface area contributed by atoms with Crippen molar-refractivity contribution < 1.29 is 22.8 Å². The van der Waals surface area contributed by atoms with E-state index < -0.39 is 17.5 Å². The Hall–Kier alpha value is -4.16. The Labute approximate surface area is 222 Å². The normalized spacial score (nSPS) is 20.4. The molecule has 2 aromatic heterocycles. The fraction of sp³-hybridized carbons (Fsp3) is 0.423. The molecular formula is C26H29F3N8O2. The zero-order valence-corrected chi connectivity index (χ0v) is 21.5. The van der Waals surface area contributed by atoms with E-state index in [4.69, 9.17) is 5.73 Å². The molecule has 0 spiro atoms. The summed E-state index contributed by atoms with van der Waals surface area (Å²) in [7, 11) is 1.76. The Morgan fingerprint density at radius 3 is 2.46 bits per heavy atom. The highest BCUT2D eigenvalue weighted by atomic mass is 19.4. The van der Waals surface area contributed by atoms with E-state index in [0.29, 0.717) is 30.0 Å². The van der Waals surface area contributed by atoms with Crippen molar-refractivity contribution in [3.05, 3.63) is 59.7 Å². The first-order chi connectivity index (χ1) is 18.5. The first-order valence-corrected chi connectivity index (χ1v) is 12.7. The van der Waals surface area contributed by atoms with Crippen LogP contribution in [-0.4, -0.2) is 56.4 Å². The Morgan fingerprint density at radius 1 is 1.15 bits per heavy atom. The summed E-state index contributed by atoms with van der Waals surface area (Å²) in [6.07, 6.45) is 2.08. The summed E-state index contributed by atoms with van der Waals surface area (Å²) >= 11 is 0. The molecule has 2 atom stereocenters. The number of rotatable bonds is 7. The zero-order chi connectivity index (χ0) is 27.9. The number of hydrogen-bond donors (Lipinski definition) is 3. The molecule has 1 aliphatic heterocycles. The van der Waals surface area contributed by atoms with Crippen molar-refractivity contribution in [1.82, 2.24) is 25.1 Å². The second kappa shape index (κ2) is 9.86. The molecule has 2 amide bonds. The van der Waals surface area contributed by atoms with Gasteiger partial charge in [-0.15, -0.1) is 0 Å². The van der Waals surface area contributed by atoms with E-state index in [9.17, 15) is 22.8 Å². The molecule has 1 aliphatic carbocycles. The maximum Gasteiger partial charge on any atom is 0.398 e. The van der Waals surface area contributed by atoms with E-state index in [1.54, 1.807) is 24.1 Å². The summed E-state index contributed by atoms with van der Waals surface area (Å²) in [5, 5.41) is 10.2. The predicted molar refractivity (Wildman–Crippen MR) is 138 cm³/mol. The number of hydrogen-bond acceptors (Lipinski definition) is 7. The molecule has 13 heteroatoms. The number of nitrogens with zero attached hydrogens (tertiary/aromatic N) is 5. The number of anilines is 3. The maximum atomic E-state index is 13.4. The molecule has 3 aromatic rings. The standard InChI is InChI=1S/C26H29F3N8O2/c1-15-19(34-24(39)16-5-7-17(8-6-16)25(9-10-25)26(27,28)29)4-3-11-37(15)20-13-31-21(22(30)38)23(35-20)33-18-12-32-36(2)14-18/h5-8,12-15,19H,3-4,9-11H2,1-2H3,(H2,30,38)(H,33,35)(H,34,39)/t15-,19-/m1/s1. The smallest absolute Gasteiger partial charge is 0.364 e. The molecule has 0 radical (unpaired) electrons. The lowest BCUT2D eigenvalue weighted by Crippen LogP contribution is -2.54. The van der Waals surface area contributed by atoms with Crippen molar-refractivity contribution in [3.63, 3.8) is 0 Å². The van der Waals surface area contributed by atoms with E-state index in [1.165, 1.54) is 30.5 Å². The number of piperidine rings is 1. The van der Waals surface area contributed by atoms with Crippen molar-refractivity contribution in [1.29, 1.82) is 0 Å². The van der Waals surface area contributed by atoms with Crippen molar-refractivity contribution in [3.8, 4) is 0 Å². The number of nitrogens with one attached hydrogen (secondary N) is 2. The van der Waals surface area contributed by atoms with E-state index in [0.717, 1.165) is 6.42 Å². The van der Waals surface area contributed by atoms with Crippen molar-refractivity contribution in [2.75, 3.05) is 16.8 Å². The van der Waals surface area contributed by atoms with Crippen LogP contribution in [0.2, 0.25) is 0 Å². The fourth-order valence-electron chi connectivity index (χ4n) is 5.12. The van der Waals surface area contributed by atoms with Gasteiger partial charge in [0.25, 0.3) is 11.8 Å². The van der Waals surface area contributed by atoms with Crippen molar-refractivity contribution >= 4 is 29.1 Å². The first-order valence-electron chi connectivity index (χ1n) is 12.7. The number of benzene rings is 1. The third-order valence-corrected chi connectivity index (χ3v) is 7.55. The van der Waals surface area contributed by atoms with Crippen molar-refractivity contribution in [2.24, 2.45) is 12.8 Å². The quantitative estimate of drug-likeness (QED) is 0.417. The van der Waals surface area contributed by atoms with Crippen LogP contribution < -0.4 is 21.3 Å². The minimum atomic E-state index is -4.30. The second-order valence-electron chi connectivity index (χ2n) is 10.1. The monoisotopic (exact) mass is 542 g/mol. The number of carbonyl (C=O) groups is 2. The Kier molecular flexibility index (Phi) is 6.69. The van der Waals surface area contributed by atoms with Gasteiger partial charge in [-0.2, -0.15) is 18.3 Å². The van der Waals surface area contributed by atoms with Gasteiger partial charge >= 0.3 is 6.18 Å². The average molecular weight is 543 g/mol. The summed E-state index contributed by atoms with van der Waals surface area (Å²) in [6.45, 7) is 2.60. The van der Waals surface area contributed by atoms with Gasteiger partial charge in [0, 0.05) is 37.4 Å². The lowest BCUT2D eigenvalue weighted by molar-refractivity contribution is -0.160. The summed E-state index contributed by atoms with van der Waals surface area (Å²) in [5.74, 6) is -0.389. The predicted octanol–water partition coefficient (Wildman–Crippen LogP) is 3.43. The molecule has 0 unspecified atom stereocenters. The summed E-state index contributed by atoms with van der Waals surface area (Å²) < 4.78 is 41.9. The molecule has 1 aromatic carbocycles. The van der Waals surface area contributed by atoms with Gasteiger partial charge in [0.2, 0.25) is 0 Å². The second-order valence-corrected chi connectivity index (χ2v) is 10.1. The molecule has 39 heavy (non-hydrogen) atoms. The highest BCUT2D eigenvalue weighted by Crippen LogP contribution is 2.58. The number of amides is 2. The minimum Gasteiger partial charge on any atom is -0.364 e. The molecule has 206 valence electrons. The molecule has 2 fully saturated rings. The fourth-order valence-corrected chi connectivity index (χ4v) is 5.12. The number of carbonyl (C=O) groups excluding carboxylic acids is 2. The Balaban J connectivity index is 1.30. The molecule has 4 N–H and O–H groups in total. The van der Waals surface area contributed by atoms with Crippen LogP contribution in [0.4, 0.5) is 30.5 Å². The SMILES string of the molecule is C[C@@H]1[C@H](NC(=O)c2ccc(C3(C(F)(F)F)CC3)cc2)CCCN1c1cnc(C(N)=O)c(Nc2cnn(C)c2)n1. The van der Waals surface area contributed by atoms with Gasteiger partial charge in [-0.3, -0.25) is 14.3 Å². The molecule has 3 heterocycles. The summed E-state index contributed by atoms with van der Waals surface area (Å²) in [6, 6.07) is 5.28. The van der Waals surface area contributed by atoms with E-state index in [-0.39, 0.29) is 47.9 Å². The van der Waals surface area contributed by atoms with Gasteiger partial charge in [0.05, 0.1) is 23.5 Å². The zero-order valence-electron chi connectivity index (χ0n) is 21.5. The third kappa shape index (κ3) is 5.12. The Morgan fingerprint density at radius 2 is 1.87 bits per heavy atom. The highest BCUT2D eigenvalue weighted by molar-refractivity contribution is 5.96. The lowest BCUT2D eigenvalue weighted by atomic mass is 9.94. The van der Waals surface area contributed by atoms with Gasteiger partial charge in [0.15, 0.2) is 11.5 Å². The highest BCUT2D eigenvalue weighted by Gasteiger charge is 2.64. The number of halogens is 3. The minimum absolute atomic E-state index is 0.0148. The van der Waals surface area contributed by atoms with Gasteiger partial charge < -0.3 is 21.3 Å². The molecule has 0 bridgehead atoms. The Bertz CT molecular complexity index is 1380. The molecule has 1 saturated carbocycles. The van der Waals surface area contributed by atoms with E-state index >= 15 is 0 Å². The topological polar surface area (TPSA) is 131 Å². The van der Waals surface area contributed by atoms with E-state index in [1.807, 2.05) is 11.8 Å². The molecule has 5 rings (SSSR count). The number of primary amides is 1. The summed E-state index contributed by atoms with van der Waals surface area (Å²) in [4.78, 5) is 35.8. The van der Waals surface area contributed by atoms with Crippen LogP contribution in [0.1, 0.15) is 59.0 Å². The third-order valence-electron chi connectivity index (χ3n) is 7.55. The van der Waals surface area contributed by atoms with Crippen LogP contribution in [0.5, 0.6) is 0 Å². The summed E-state index contributed by atoms with van der Waals surface area (Å²) in [5.41, 5.74) is 4.80. The maximum absolute atomic E-state index is 13.4. The van der Waals surface area contributed by atoms with Gasteiger partial charge in [0.1, 0.15) is 5.82 Å². The van der Waals surface area contributed by atoms with Crippen LogP contribution in [-0.2, 0) is 12.5 Å². The van der Waals surface area contributed by atoms with Crippen LogP contribution >= 0.6 is 0 Å². The first kappa shape index (κ1) is 26.4. The van der Waals surface area contributed by atoms with Gasteiger partial charge in [-0.25, -0.2) is 9.97 Å². The molecule has 1 saturated heterocycles. The molecule has 2 aliphatic rings. The number of aromatic nitrogens is 4. The van der Waals surface area contributed by atoms with Gasteiger partial charge in [-0.1, -0.05) is 12.1 Å². The molecular weight excluding hydrogens is 513 g/mol.